The van der Waals surface area contributed by atoms with Gasteiger partial charge in [0.1, 0.15) is 18.3 Å². The summed E-state index contributed by atoms with van der Waals surface area (Å²) < 4.78 is 5.41. The number of carbonyl (C=O) groups excluding carboxylic acids is 2. The van der Waals surface area contributed by atoms with Gasteiger partial charge < -0.3 is 4.74 Å². The SMILES string of the molecule is O=C1COc2ccccc2C(=O)C1c1ccccc1. The molecule has 0 fully saturated rings. The van der Waals surface area contributed by atoms with Gasteiger partial charge in [-0.15, -0.1) is 0 Å². The van der Waals surface area contributed by atoms with Crippen LogP contribution in [0.2, 0.25) is 0 Å². The van der Waals surface area contributed by atoms with Crippen molar-refractivity contribution in [2.45, 2.75) is 5.92 Å². The lowest BCUT2D eigenvalue weighted by Crippen LogP contribution is -2.23. The number of carbonyl (C=O) groups is 2. The molecule has 0 saturated heterocycles. The van der Waals surface area contributed by atoms with E-state index >= 15 is 0 Å². The van der Waals surface area contributed by atoms with Crippen LogP contribution >= 0.6 is 0 Å². The van der Waals surface area contributed by atoms with Crippen molar-refractivity contribution in [2.75, 3.05) is 6.61 Å². The summed E-state index contributed by atoms with van der Waals surface area (Å²) in [7, 11) is 0. The van der Waals surface area contributed by atoms with Crippen LogP contribution in [0.3, 0.4) is 0 Å². The predicted octanol–water partition coefficient (Wildman–Crippen LogP) is 2.61. The van der Waals surface area contributed by atoms with Gasteiger partial charge >= 0.3 is 0 Å². The number of benzene rings is 2. The Morgan fingerprint density at radius 1 is 0.895 bits per heavy atom. The molecule has 0 aliphatic carbocycles. The van der Waals surface area contributed by atoms with E-state index in [0.717, 1.165) is 5.56 Å². The van der Waals surface area contributed by atoms with Crippen LogP contribution in [0.25, 0.3) is 0 Å². The maximum Gasteiger partial charge on any atom is 0.185 e. The number of Topliss-reactive ketones (excluding diaryl/α,β-unsaturated/α-hetero) is 2. The number of ketones is 2. The Labute approximate surface area is 110 Å². The first-order valence-corrected chi connectivity index (χ1v) is 6.11. The minimum absolute atomic E-state index is 0.0671. The largest absolute Gasteiger partial charge is 0.485 e. The molecular weight excluding hydrogens is 240 g/mol. The van der Waals surface area contributed by atoms with Crippen LogP contribution in [0.4, 0.5) is 0 Å². The normalized spacial score (nSPS) is 18.4. The molecule has 0 bridgehead atoms. The molecule has 19 heavy (non-hydrogen) atoms. The molecule has 0 amide bonds. The predicted molar refractivity (Wildman–Crippen MR) is 70.5 cm³/mol. The minimum Gasteiger partial charge on any atom is -0.485 e. The van der Waals surface area contributed by atoms with Gasteiger partial charge in [-0.1, -0.05) is 42.5 Å². The lowest BCUT2D eigenvalue weighted by atomic mass is 9.88. The quantitative estimate of drug-likeness (QED) is 0.733. The standard InChI is InChI=1S/C16H12O3/c17-13-10-19-14-9-5-4-8-12(14)16(18)15(13)11-6-2-1-3-7-11/h1-9,15H,10H2. The number of hydrogen-bond donors (Lipinski definition) is 0. The van der Waals surface area contributed by atoms with Crippen molar-refractivity contribution in [3.8, 4) is 5.75 Å². The number of rotatable bonds is 1. The molecule has 0 radical (unpaired) electrons. The van der Waals surface area contributed by atoms with Crippen LogP contribution < -0.4 is 4.74 Å². The van der Waals surface area contributed by atoms with E-state index in [1.807, 2.05) is 18.2 Å². The van der Waals surface area contributed by atoms with Crippen molar-refractivity contribution < 1.29 is 14.3 Å². The second kappa shape index (κ2) is 4.69. The lowest BCUT2D eigenvalue weighted by Gasteiger charge is -2.11. The molecule has 0 N–H and O–H groups in total. The molecule has 1 unspecified atom stereocenters. The Kier molecular flexibility index (Phi) is 2.88. The highest BCUT2D eigenvalue weighted by atomic mass is 16.5. The van der Waals surface area contributed by atoms with Crippen molar-refractivity contribution in [2.24, 2.45) is 0 Å². The van der Waals surface area contributed by atoms with E-state index in [1.165, 1.54) is 0 Å². The number of para-hydroxylation sites is 1. The van der Waals surface area contributed by atoms with Gasteiger partial charge in [-0.2, -0.15) is 0 Å². The molecule has 3 nitrogen and oxygen atoms in total. The monoisotopic (exact) mass is 252 g/mol. The molecular formula is C16H12O3. The number of hydrogen-bond acceptors (Lipinski definition) is 3. The Morgan fingerprint density at radius 3 is 2.37 bits per heavy atom. The average molecular weight is 252 g/mol. The Morgan fingerprint density at radius 2 is 1.58 bits per heavy atom. The second-order valence-corrected chi connectivity index (χ2v) is 4.46. The molecule has 3 rings (SSSR count). The molecule has 0 spiro atoms. The van der Waals surface area contributed by atoms with Crippen molar-refractivity contribution in [3.63, 3.8) is 0 Å². The number of fused-ring (bicyclic) bond motifs is 1. The summed E-state index contributed by atoms with van der Waals surface area (Å²) in [6.07, 6.45) is 0. The van der Waals surface area contributed by atoms with Crippen LogP contribution in [0.1, 0.15) is 21.8 Å². The molecule has 2 aromatic rings. The van der Waals surface area contributed by atoms with E-state index in [-0.39, 0.29) is 18.2 Å². The molecule has 2 aromatic carbocycles. The maximum absolute atomic E-state index is 12.5. The zero-order valence-electron chi connectivity index (χ0n) is 10.2. The van der Waals surface area contributed by atoms with E-state index in [9.17, 15) is 9.59 Å². The van der Waals surface area contributed by atoms with Gasteiger partial charge in [0.15, 0.2) is 11.6 Å². The summed E-state index contributed by atoms with van der Waals surface area (Å²) in [4.78, 5) is 24.7. The van der Waals surface area contributed by atoms with Gasteiger partial charge in [0.2, 0.25) is 0 Å². The van der Waals surface area contributed by atoms with Gasteiger partial charge in [-0.3, -0.25) is 9.59 Å². The first-order valence-electron chi connectivity index (χ1n) is 6.11. The van der Waals surface area contributed by atoms with Crippen molar-refractivity contribution >= 4 is 11.6 Å². The molecule has 94 valence electrons. The zero-order chi connectivity index (χ0) is 13.2. The summed E-state index contributed by atoms with van der Waals surface area (Å²) in [5, 5.41) is 0. The molecule has 1 aliphatic rings. The van der Waals surface area contributed by atoms with Gasteiger partial charge in [-0.25, -0.2) is 0 Å². The average Bonchev–Trinajstić information content (AvgIpc) is 2.58. The Bertz CT molecular complexity index is 631. The van der Waals surface area contributed by atoms with Gasteiger partial charge in [0, 0.05) is 0 Å². The molecule has 3 heteroatoms. The first kappa shape index (κ1) is 11.7. The summed E-state index contributed by atoms with van der Waals surface area (Å²) >= 11 is 0. The van der Waals surface area contributed by atoms with E-state index in [0.29, 0.717) is 11.3 Å². The highest BCUT2D eigenvalue weighted by Crippen LogP contribution is 2.30. The highest BCUT2D eigenvalue weighted by molar-refractivity contribution is 6.17. The van der Waals surface area contributed by atoms with Crippen molar-refractivity contribution in [3.05, 3.63) is 65.7 Å². The van der Waals surface area contributed by atoms with E-state index in [4.69, 9.17) is 4.74 Å². The molecule has 1 aliphatic heterocycles. The van der Waals surface area contributed by atoms with Crippen molar-refractivity contribution in [1.82, 2.24) is 0 Å². The van der Waals surface area contributed by atoms with Gasteiger partial charge in [0.25, 0.3) is 0 Å². The van der Waals surface area contributed by atoms with Gasteiger partial charge in [-0.05, 0) is 17.7 Å². The van der Waals surface area contributed by atoms with Crippen molar-refractivity contribution in [1.29, 1.82) is 0 Å². The fourth-order valence-electron chi connectivity index (χ4n) is 2.31. The summed E-state index contributed by atoms with van der Waals surface area (Å²) in [6.45, 7) is -0.0671. The highest BCUT2D eigenvalue weighted by Gasteiger charge is 2.33. The third kappa shape index (κ3) is 2.03. The van der Waals surface area contributed by atoms with Crippen LogP contribution in [0, 0.1) is 0 Å². The topological polar surface area (TPSA) is 43.4 Å². The summed E-state index contributed by atoms with van der Waals surface area (Å²) in [5.74, 6) is -0.666. The Balaban J connectivity index is 2.10. The number of ether oxygens (including phenoxy) is 1. The molecule has 1 heterocycles. The van der Waals surface area contributed by atoms with E-state index in [1.54, 1.807) is 36.4 Å². The summed E-state index contributed by atoms with van der Waals surface area (Å²) in [6, 6.07) is 16.1. The molecule has 0 aromatic heterocycles. The van der Waals surface area contributed by atoms with Crippen LogP contribution in [0.5, 0.6) is 5.75 Å². The fourth-order valence-corrected chi connectivity index (χ4v) is 2.31. The van der Waals surface area contributed by atoms with Crippen LogP contribution in [-0.4, -0.2) is 18.2 Å². The summed E-state index contributed by atoms with van der Waals surface area (Å²) in [5.41, 5.74) is 1.19. The smallest absolute Gasteiger partial charge is 0.185 e. The first-order chi connectivity index (χ1) is 9.27. The Hall–Kier alpha value is -2.42. The third-order valence-electron chi connectivity index (χ3n) is 3.24. The maximum atomic E-state index is 12.5. The van der Waals surface area contributed by atoms with E-state index in [2.05, 4.69) is 0 Å². The fraction of sp³-hybridized carbons (Fsp3) is 0.125. The third-order valence-corrected chi connectivity index (χ3v) is 3.24. The van der Waals surface area contributed by atoms with E-state index < -0.39 is 5.92 Å². The molecule has 0 saturated carbocycles. The second-order valence-electron chi connectivity index (χ2n) is 4.46. The zero-order valence-corrected chi connectivity index (χ0v) is 10.2. The minimum atomic E-state index is -0.759. The van der Waals surface area contributed by atoms with Crippen LogP contribution in [0.15, 0.2) is 54.6 Å². The molecule has 1 atom stereocenters. The lowest BCUT2D eigenvalue weighted by molar-refractivity contribution is -0.121. The van der Waals surface area contributed by atoms with Crippen LogP contribution in [-0.2, 0) is 4.79 Å². The van der Waals surface area contributed by atoms with Gasteiger partial charge in [0.05, 0.1) is 5.56 Å².